The molecule has 11 heavy (non-hydrogen) atoms. The van der Waals surface area contributed by atoms with Gasteiger partial charge < -0.3 is 9.40 Å². The molecule has 2 aromatic heterocycles. The minimum atomic E-state index is -0.773. The van der Waals surface area contributed by atoms with E-state index in [9.17, 15) is 8.78 Å². The van der Waals surface area contributed by atoms with E-state index in [1.54, 1.807) is 6.92 Å². The number of rotatable bonds is 0. The van der Waals surface area contributed by atoms with Gasteiger partial charge in [0.25, 0.3) is 6.01 Å². The van der Waals surface area contributed by atoms with Gasteiger partial charge in [0.2, 0.25) is 5.71 Å². The first-order valence-corrected chi connectivity index (χ1v) is 3.11. The van der Waals surface area contributed by atoms with Gasteiger partial charge >= 0.3 is 0 Å². The first-order chi connectivity index (χ1) is 5.18. The highest BCUT2D eigenvalue weighted by molar-refractivity contribution is 5.76. The molecule has 0 radical (unpaired) electrons. The quantitative estimate of drug-likeness (QED) is 0.624. The van der Waals surface area contributed by atoms with Gasteiger partial charge in [0.15, 0.2) is 5.82 Å². The third-order valence-electron chi connectivity index (χ3n) is 1.57. The number of hydrogen-bond acceptors (Lipinski definition) is 1. The zero-order valence-electron chi connectivity index (χ0n) is 5.74. The molecule has 0 amide bonds. The van der Waals surface area contributed by atoms with Crippen LogP contribution in [0.2, 0.25) is 0 Å². The summed E-state index contributed by atoms with van der Waals surface area (Å²) < 4.78 is 29.7. The predicted molar refractivity (Wildman–Crippen MR) is 35.2 cm³/mol. The molecule has 1 N–H and O–H groups in total. The number of aromatic amines is 1. The molecule has 2 rings (SSSR count). The Balaban J connectivity index is 2.88. The first-order valence-electron chi connectivity index (χ1n) is 3.11. The molecule has 2 nitrogen and oxygen atoms in total. The molecule has 58 valence electrons. The van der Waals surface area contributed by atoms with Crippen LogP contribution in [0.5, 0.6) is 0 Å². The van der Waals surface area contributed by atoms with E-state index in [2.05, 4.69) is 9.40 Å². The second kappa shape index (κ2) is 1.84. The van der Waals surface area contributed by atoms with E-state index in [1.807, 2.05) is 0 Å². The fraction of sp³-hybridized carbons (Fsp3) is 0.143. The highest BCUT2D eigenvalue weighted by Crippen LogP contribution is 2.22. The summed E-state index contributed by atoms with van der Waals surface area (Å²) in [6, 6.07) is 0.249. The molecule has 0 aliphatic heterocycles. The maximum Gasteiger partial charge on any atom is 0.280 e. The third-order valence-corrected chi connectivity index (χ3v) is 1.57. The Bertz CT molecular complexity index is 402. The fourth-order valence-electron chi connectivity index (χ4n) is 1.04. The summed E-state index contributed by atoms with van der Waals surface area (Å²) in [5.74, 6) is -0.451. The minimum absolute atomic E-state index is 0.150. The van der Waals surface area contributed by atoms with Gasteiger partial charge in [-0.15, -0.1) is 0 Å². The molecule has 0 aliphatic carbocycles. The van der Waals surface area contributed by atoms with Crippen molar-refractivity contribution in [2.75, 3.05) is 0 Å². The zero-order valence-corrected chi connectivity index (χ0v) is 5.74. The largest absolute Gasteiger partial charge is 0.414 e. The van der Waals surface area contributed by atoms with Crippen molar-refractivity contribution in [3.05, 3.63) is 23.6 Å². The lowest BCUT2D eigenvalue weighted by molar-refractivity contribution is 0.376. The molecule has 0 saturated carbocycles. The zero-order chi connectivity index (χ0) is 8.01. The summed E-state index contributed by atoms with van der Waals surface area (Å²) in [5, 5.41) is 0.167. The van der Waals surface area contributed by atoms with Gasteiger partial charge in [0.1, 0.15) is 0 Å². The topological polar surface area (TPSA) is 28.9 Å². The molecule has 0 saturated heterocycles. The van der Waals surface area contributed by atoms with Gasteiger partial charge in [0, 0.05) is 6.07 Å². The number of halogens is 2. The Morgan fingerprint density at radius 2 is 2.18 bits per heavy atom. The van der Waals surface area contributed by atoms with Crippen molar-refractivity contribution in [3.8, 4) is 0 Å². The SMILES string of the molecule is Cc1[nH]c2oc(F)cc2c1F. The van der Waals surface area contributed by atoms with Crippen molar-refractivity contribution in [3.63, 3.8) is 0 Å². The van der Waals surface area contributed by atoms with Crippen LogP contribution in [0.15, 0.2) is 10.5 Å². The van der Waals surface area contributed by atoms with Crippen LogP contribution in [0, 0.1) is 18.8 Å². The summed E-state index contributed by atoms with van der Waals surface area (Å²) >= 11 is 0. The summed E-state index contributed by atoms with van der Waals surface area (Å²) in [6.07, 6.45) is 0. The van der Waals surface area contributed by atoms with Crippen LogP contribution < -0.4 is 0 Å². The van der Waals surface area contributed by atoms with E-state index >= 15 is 0 Å². The van der Waals surface area contributed by atoms with E-state index in [1.165, 1.54) is 0 Å². The van der Waals surface area contributed by atoms with E-state index in [0.29, 0.717) is 5.69 Å². The Morgan fingerprint density at radius 1 is 1.45 bits per heavy atom. The van der Waals surface area contributed by atoms with Gasteiger partial charge in [-0.3, -0.25) is 0 Å². The molecule has 0 bridgehead atoms. The molecule has 0 spiro atoms. The van der Waals surface area contributed by atoms with Crippen molar-refractivity contribution < 1.29 is 13.2 Å². The van der Waals surface area contributed by atoms with Crippen LogP contribution in [0.3, 0.4) is 0 Å². The van der Waals surface area contributed by atoms with Gasteiger partial charge in [-0.1, -0.05) is 0 Å². The lowest BCUT2D eigenvalue weighted by Crippen LogP contribution is -1.73. The number of aryl methyl sites for hydroxylation is 1. The number of aromatic nitrogens is 1. The van der Waals surface area contributed by atoms with Crippen molar-refractivity contribution in [1.29, 1.82) is 0 Å². The predicted octanol–water partition coefficient (Wildman–Crippen LogP) is 2.35. The van der Waals surface area contributed by atoms with Crippen LogP contribution in [-0.2, 0) is 0 Å². The smallest absolute Gasteiger partial charge is 0.280 e. The number of H-pyrrole nitrogens is 1. The molecule has 2 aromatic rings. The van der Waals surface area contributed by atoms with Gasteiger partial charge in [-0.05, 0) is 6.92 Å². The molecule has 4 heteroatoms. The van der Waals surface area contributed by atoms with Crippen LogP contribution >= 0.6 is 0 Å². The highest BCUT2D eigenvalue weighted by Gasteiger charge is 2.12. The number of nitrogens with one attached hydrogen (secondary N) is 1. The average molecular weight is 157 g/mol. The standard InChI is InChI=1S/C7H5F2NO/c1-3-6(9)4-2-5(8)11-7(4)10-3/h2,10H,1H3. The normalized spacial score (nSPS) is 11.2. The third kappa shape index (κ3) is 0.753. The van der Waals surface area contributed by atoms with Crippen LogP contribution in [0.25, 0.3) is 11.1 Å². The van der Waals surface area contributed by atoms with E-state index in [4.69, 9.17) is 0 Å². The summed E-state index contributed by atoms with van der Waals surface area (Å²) in [4.78, 5) is 2.57. The Morgan fingerprint density at radius 3 is 2.82 bits per heavy atom. The van der Waals surface area contributed by atoms with E-state index in [-0.39, 0.29) is 11.1 Å². The van der Waals surface area contributed by atoms with Crippen LogP contribution in [0.1, 0.15) is 5.69 Å². The fourth-order valence-corrected chi connectivity index (χ4v) is 1.04. The van der Waals surface area contributed by atoms with Crippen LogP contribution in [0.4, 0.5) is 8.78 Å². The molecule has 0 aromatic carbocycles. The Hall–Kier alpha value is -1.32. The number of hydrogen-bond donors (Lipinski definition) is 1. The van der Waals surface area contributed by atoms with Crippen molar-refractivity contribution >= 4 is 11.1 Å². The molecule has 2 heterocycles. The molecular formula is C7H5F2NO. The minimum Gasteiger partial charge on any atom is -0.414 e. The first kappa shape index (κ1) is 6.39. The van der Waals surface area contributed by atoms with Crippen molar-refractivity contribution in [2.45, 2.75) is 6.92 Å². The van der Waals surface area contributed by atoms with Crippen LogP contribution in [-0.4, -0.2) is 4.98 Å². The Kier molecular flexibility index (Phi) is 1.07. The highest BCUT2D eigenvalue weighted by atomic mass is 19.1. The van der Waals surface area contributed by atoms with Crippen molar-refractivity contribution in [2.24, 2.45) is 0 Å². The molecule has 0 unspecified atom stereocenters. The second-order valence-electron chi connectivity index (χ2n) is 2.36. The maximum atomic E-state index is 12.9. The van der Waals surface area contributed by atoms with E-state index in [0.717, 1.165) is 6.07 Å². The van der Waals surface area contributed by atoms with Gasteiger partial charge in [-0.2, -0.15) is 4.39 Å². The van der Waals surface area contributed by atoms with Gasteiger partial charge in [-0.25, -0.2) is 4.39 Å². The Labute approximate surface area is 60.8 Å². The van der Waals surface area contributed by atoms with Crippen molar-refractivity contribution in [1.82, 2.24) is 4.98 Å². The lowest BCUT2D eigenvalue weighted by Gasteiger charge is -1.80. The second-order valence-corrected chi connectivity index (χ2v) is 2.36. The monoisotopic (exact) mass is 157 g/mol. The number of furan rings is 1. The molecule has 0 atom stereocenters. The molecule has 0 aliphatic rings. The lowest BCUT2D eigenvalue weighted by atomic mass is 10.3. The average Bonchev–Trinajstić information content (AvgIpc) is 2.37. The molecular weight excluding hydrogens is 152 g/mol. The maximum absolute atomic E-state index is 12.9. The van der Waals surface area contributed by atoms with E-state index < -0.39 is 11.8 Å². The summed E-state index contributed by atoms with van der Waals surface area (Å²) in [5.41, 5.74) is 0.510. The summed E-state index contributed by atoms with van der Waals surface area (Å²) in [7, 11) is 0. The van der Waals surface area contributed by atoms with Gasteiger partial charge in [0.05, 0.1) is 11.1 Å². The summed E-state index contributed by atoms with van der Waals surface area (Å²) in [6.45, 7) is 1.56. The number of fused-ring (bicyclic) bond motifs is 1. The molecule has 0 fully saturated rings.